The third kappa shape index (κ3) is 2.61. The lowest BCUT2D eigenvalue weighted by atomic mass is 9.81. The molecule has 3 nitrogen and oxygen atoms in total. The van der Waals surface area contributed by atoms with E-state index in [0.717, 1.165) is 0 Å². The zero-order chi connectivity index (χ0) is 12.5. The number of phenols is 1. The van der Waals surface area contributed by atoms with Gasteiger partial charge in [-0.1, -0.05) is 37.0 Å². The van der Waals surface area contributed by atoms with Gasteiger partial charge in [0, 0.05) is 28.6 Å². The van der Waals surface area contributed by atoms with Gasteiger partial charge in [-0.15, -0.1) is 0 Å². The van der Waals surface area contributed by atoms with Crippen LogP contribution >= 0.6 is 23.2 Å². The second kappa shape index (κ2) is 4.80. The Labute approximate surface area is 105 Å². The van der Waals surface area contributed by atoms with Gasteiger partial charge in [-0.05, 0) is 12.1 Å². The monoisotopic (exact) mass is 263 g/mol. The van der Waals surface area contributed by atoms with E-state index in [1.54, 1.807) is 19.9 Å². The van der Waals surface area contributed by atoms with E-state index in [-0.39, 0.29) is 17.4 Å². The molecular weight excluding hydrogens is 249 g/mol. The Hall–Kier alpha value is -0.480. The zero-order valence-electron chi connectivity index (χ0n) is 9.17. The maximum Gasteiger partial charge on any atom is 0.139 e. The van der Waals surface area contributed by atoms with Gasteiger partial charge < -0.3 is 15.9 Å². The molecule has 4 N–H and O–H groups in total. The van der Waals surface area contributed by atoms with E-state index in [2.05, 4.69) is 0 Å². The lowest BCUT2D eigenvalue weighted by Gasteiger charge is -2.30. The van der Waals surface area contributed by atoms with Crippen LogP contribution in [0.1, 0.15) is 25.5 Å². The molecule has 1 rings (SSSR count). The van der Waals surface area contributed by atoms with E-state index < -0.39 is 11.5 Å². The van der Waals surface area contributed by atoms with Gasteiger partial charge in [0.05, 0.1) is 5.02 Å². The normalized spacial score (nSPS) is 13.9. The number of aliphatic hydroxyl groups excluding tert-OH is 1. The van der Waals surface area contributed by atoms with Gasteiger partial charge in [-0.25, -0.2) is 0 Å². The van der Waals surface area contributed by atoms with Gasteiger partial charge in [0.15, 0.2) is 0 Å². The highest BCUT2D eigenvalue weighted by Gasteiger charge is 2.29. The molecule has 90 valence electrons. The number of rotatable bonds is 3. The van der Waals surface area contributed by atoms with Crippen molar-refractivity contribution in [3.8, 4) is 5.75 Å². The van der Waals surface area contributed by atoms with Crippen molar-refractivity contribution in [1.29, 1.82) is 0 Å². The summed E-state index contributed by atoms with van der Waals surface area (Å²) in [5.41, 5.74) is 5.86. The van der Waals surface area contributed by atoms with Crippen LogP contribution in [0.25, 0.3) is 0 Å². The average Bonchev–Trinajstić information content (AvgIpc) is 2.22. The standard InChI is InChI=1S/C11H15Cl2NO2/c1-11(2,5-15)10(14)7-3-6(12)4-8(13)9(7)16/h3-4,10,15-16H,5,14H2,1-2H3/t10-/m1/s1. The summed E-state index contributed by atoms with van der Waals surface area (Å²) < 4.78 is 0. The van der Waals surface area contributed by atoms with Crippen LogP contribution in [0, 0.1) is 5.41 Å². The zero-order valence-corrected chi connectivity index (χ0v) is 10.7. The average molecular weight is 264 g/mol. The first-order valence-electron chi connectivity index (χ1n) is 4.84. The summed E-state index contributed by atoms with van der Waals surface area (Å²) in [7, 11) is 0. The van der Waals surface area contributed by atoms with Crippen molar-refractivity contribution in [1.82, 2.24) is 0 Å². The number of aromatic hydroxyl groups is 1. The SMILES string of the molecule is CC(C)(CO)[C@H](N)c1cc(Cl)cc(Cl)c1O. The molecular formula is C11H15Cl2NO2. The van der Waals surface area contributed by atoms with Crippen LogP contribution in [-0.2, 0) is 0 Å². The maximum atomic E-state index is 9.80. The third-order valence-corrected chi connectivity index (χ3v) is 3.15. The third-order valence-electron chi connectivity index (χ3n) is 2.64. The molecule has 0 aliphatic heterocycles. The Morgan fingerprint density at radius 3 is 2.44 bits per heavy atom. The fourth-order valence-electron chi connectivity index (χ4n) is 1.34. The largest absolute Gasteiger partial charge is 0.506 e. The summed E-state index contributed by atoms with van der Waals surface area (Å²) in [6.45, 7) is 3.50. The number of hydrogen-bond acceptors (Lipinski definition) is 3. The number of halogens is 2. The Balaban J connectivity index is 3.23. The molecule has 0 fully saturated rings. The molecule has 0 unspecified atom stereocenters. The van der Waals surface area contributed by atoms with Gasteiger partial charge in [0.25, 0.3) is 0 Å². The molecule has 0 bridgehead atoms. The van der Waals surface area contributed by atoms with Crippen LogP contribution in [0.5, 0.6) is 5.75 Å². The first-order chi connectivity index (χ1) is 7.29. The molecule has 0 aliphatic rings. The maximum absolute atomic E-state index is 9.80. The first-order valence-corrected chi connectivity index (χ1v) is 5.59. The van der Waals surface area contributed by atoms with Crippen LogP contribution in [0.2, 0.25) is 10.0 Å². The summed E-state index contributed by atoms with van der Waals surface area (Å²) in [6, 6.07) is 2.46. The number of hydrogen-bond donors (Lipinski definition) is 3. The van der Waals surface area contributed by atoms with Crippen molar-refractivity contribution < 1.29 is 10.2 Å². The van der Waals surface area contributed by atoms with Crippen LogP contribution in [-0.4, -0.2) is 16.8 Å². The van der Waals surface area contributed by atoms with Gasteiger partial charge >= 0.3 is 0 Å². The summed E-state index contributed by atoms with van der Waals surface area (Å²) >= 11 is 11.6. The topological polar surface area (TPSA) is 66.5 Å². The minimum atomic E-state index is -0.564. The number of aliphatic hydroxyl groups is 1. The lowest BCUT2D eigenvalue weighted by Crippen LogP contribution is -2.32. The van der Waals surface area contributed by atoms with Crippen molar-refractivity contribution in [3.05, 3.63) is 27.7 Å². The molecule has 0 aliphatic carbocycles. The highest BCUT2D eigenvalue weighted by atomic mass is 35.5. The van der Waals surface area contributed by atoms with Crippen molar-refractivity contribution in [2.75, 3.05) is 6.61 Å². The smallest absolute Gasteiger partial charge is 0.139 e. The molecule has 5 heteroatoms. The van der Waals surface area contributed by atoms with E-state index >= 15 is 0 Å². The highest BCUT2D eigenvalue weighted by molar-refractivity contribution is 6.35. The van der Waals surface area contributed by atoms with E-state index in [1.807, 2.05) is 0 Å². The Kier molecular flexibility index (Phi) is 4.07. The fourth-order valence-corrected chi connectivity index (χ4v) is 1.85. The number of nitrogens with two attached hydrogens (primary N) is 1. The molecule has 1 aromatic rings. The Morgan fingerprint density at radius 1 is 1.38 bits per heavy atom. The number of benzene rings is 1. The molecule has 0 saturated carbocycles. The van der Waals surface area contributed by atoms with E-state index in [1.165, 1.54) is 6.07 Å². The van der Waals surface area contributed by atoms with E-state index in [0.29, 0.717) is 10.6 Å². The van der Waals surface area contributed by atoms with Gasteiger partial charge in [-0.2, -0.15) is 0 Å². The summed E-state index contributed by atoms with van der Waals surface area (Å²) in [5, 5.41) is 19.6. The van der Waals surface area contributed by atoms with Gasteiger partial charge in [0.1, 0.15) is 5.75 Å². The van der Waals surface area contributed by atoms with E-state index in [4.69, 9.17) is 28.9 Å². The molecule has 0 radical (unpaired) electrons. The molecule has 1 aromatic carbocycles. The van der Waals surface area contributed by atoms with Crippen LogP contribution < -0.4 is 5.73 Å². The van der Waals surface area contributed by atoms with Crippen LogP contribution in [0.15, 0.2) is 12.1 Å². The number of phenolic OH excluding ortho intramolecular Hbond substituents is 1. The minimum absolute atomic E-state index is 0.0832. The van der Waals surface area contributed by atoms with E-state index in [9.17, 15) is 10.2 Å². The highest BCUT2D eigenvalue weighted by Crippen LogP contribution is 2.40. The van der Waals surface area contributed by atoms with Crippen molar-refractivity contribution >= 4 is 23.2 Å². The molecule has 0 aromatic heterocycles. The fraction of sp³-hybridized carbons (Fsp3) is 0.455. The molecule has 0 spiro atoms. The van der Waals surface area contributed by atoms with Gasteiger partial charge in [-0.3, -0.25) is 0 Å². The predicted molar refractivity (Wildman–Crippen MR) is 65.9 cm³/mol. The summed E-state index contributed by atoms with van der Waals surface area (Å²) in [6.07, 6.45) is 0. The first kappa shape index (κ1) is 13.6. The lowest BCUT2D eigenvalue weighted by molar-refractivity contribution is 0.131. The minimum Gasteiger partial charge on any atom is -0.506 e. The molecule has 0 amide bonds. The van der Waals surface area contributed by atoms with Crippen molar-refractivity contribution in [3.63, 3.8) is 0 Å². The molecule has 16 heavy (non-hydrogen) atoms. The Morgan fingerprint density at radius 2 is 1.94 bits per heavy atom. The quantitative estimate of drug-likeness (QED) is 0.786. The van der Waals surface area contributed by atoms with Crippen LogP contribution in [0.4, 0.5) is 0 Å². The summed E-state index contributed by atoms with van der Waals surface area (Å²) in [4.78, 5) is 0. The van der Waals surface area contributed by atoms with Gasteiger partial charge in [0.2, 0.25) is 0 Å². The van der Waals surface area contributed by atoms with Crippen molar-refractivity contribution in [2.45, 2.75) is 19.9 Å². The van der Waals surface area contributed by atoms with Crippen LogP contribution in [0.3, 0.4) is 0 Å². The molecule has 0 heterocycles. The Bertz CT molecular complexity index is 394. The molecule has 0 saturated heterocycles. The molecule has 1 atom stereocenters. The predicted octanol–water partition coefficient (Wildman–Crippen LogP) is 2.72. The van der Waals surface area contributed by atoms with Crippen molar-refractivity contribution in [2.24, 2.45) is 11.1 Å². The second-order valence-corrected chi connectivity index (χ2v) is 5.29. The summed E-state index contributed by atoms with van der Waals surface area (Å²) in [5.74, 6) is -0.0832. The second-order valence-electron chi connectivity index (χ2n) is 4.45.